The smallest absolute Gasteiger partial charge is 0.312 e. The summed E-state index contributed by atoms with van der Waals surface area (Å²) in [6.45, 7) is 0. The standard InChI is InChI=1S/C26H22N2O3S2/c1-31-20-14-12-18(13-15-20)27-24(29)21-16-32-25-23(22(21)17-8-4-2-5-9-17)33-26(30)28(25)19-10-6-3-7-11-19/h2-15,21-22H,16H2,1H3,(H,27,29)/t21-,22+/m1/s1. The minimum atomic E-state index is -0.311. The maximum atomic E-state index is 13.4. The number of thiazole rings is 1. The summed E-state index contributed by atoms with van der Waals surface area (Å²) in [4.78, 5) is 27.4. The van der Waals surface area contributed by atoms with E-state index in [1.54, 1.807) is 23.4 Å². The van der Waals surface area contributed by atoms with Crippen molar-refractivity contribution < 1.29 is 9.53 Å². The molecule has 0 spiro atoms. The third-order valence-corrected chi connectivity index (χ3v) is 8.10. The number of para-hydroxylation sites is 1. The van der Waals surface area contributed by atoms with Crippen LogP contribution in [0.15, 0.2) is 94.7 Å². The average Bonchev–Trinajstić information content (AvgIpc) is 3.20. The van der Waals surface area contributed by atoms with Gasteiger partial charge in [-0.2, -0.15) is 0 Å². The van der Waals surface area contributed by atoms with Crippen molar-refractivity contribution in [2.45, 2.75) is 10.9 Å². The molecule has 0 bridgehead atoms. The molecule has 7 heteroatoms. The fourth-order valence-electron chi connectivity index (χ4n) is 4.14. The van der Waals surface area contributed by atoms with Gasteiger partial charge < -0.3 is 10.1 Å². The topological polar surface area (TPSA) is 60.3 Å². The Bertz CT molecular complexity index is 1320. The summed E-state index contributed by atoms with van der Waals surface area (Å²) in [7, 11) is 1.61. The molecule has 0 saturated heterocycles. The molecule has 1 amide bonds. The zero-order valence-corrected chi connectivity index (χ0v) is 19.6. The van der Waals surface area contributed by atoms with Crippen LogP contribution in [0.5, 0.6) is 5.75 Å². The van der Waals surface area contributed by atoms with Crippen LogP contribution in [0.2, 0.25) is 0 Å². The Morgan fingerprint density at radius 1 is 0.970 bits per heavy atom. The number of carbonyl (C=O) groups is 1. The highest BCUT2D eigenvalue weighted by molar-refractivity contribution is 7.99. The normalized spacial score (nSPS) is 17.2. The van der Waals surface area contributed by atoms with E-state index >= 15 is 0 Å². The molecule has 33 heavy (non-hydrogen) atoms. The van der Waals surface area contributed by atoms with Crippen LogP contribution >= 0.6 is 23.1 Å². The first-order valence-electron chi connectivity index (χ1n) is 10.6. The Morgan fingerprint density at radius 2 is 1.64 bits per heavy atom. The number of rotatable bonds is 5. The maximum absolute atomic E-state index is 13.4. The van der Waals surface area contributed by atoms with Crippen LogP contribution in [0.4, 0.5) is 5.69 Å². The Balaban J connectivity index is 1.54. The number of benzene rings is 3. The molecule has 1 aliphatic heterocycles. The summed E-state index contributed by atoms with van der Waals surface area (Å²) >= 11 is 2.81. The Morgan fingerprint density at radius 3 is 2.30 bits per heavy atom. The molecule has 3 aromatic carbocycles. The van der Waals surface area contributed by atoms with Crippen molar-refractivity contribution in [3.8, 4) is 11.4 Å². The molecule has 1 N–H and O–H groups in total. The number of amides is 1. The second kappa shape index (κ2) is 9.29. The van der Waals surface area contributed by atoms with E-state index in [4.69, 9.17) is 4.74 Å². The molecule has 0 radical (unpaired) electrons. The van der Waals surface area contributed by atoms with Gasteiger partial charge in [-0.15, -0.1) is 11.8 Å². The fourth-order valence-corrected chi connectivity index (χ4v) is 6.85. The van der Waals surface area contributed by atoms with Crippen molar-refractivity contribution in [3.05, 3.63) is 105 Å². The highest BCUT2D eigenvalue weighted by atomic mass is 32.2. The third kappa shape index (κ3) is 4.21. The molecule has 1 aromatic heterocycles. The van der Waals surface area contributed by atoms with Crippen molar-refractivity contribution in [2.24, 2.45) is 5.92 Å². The van der Waals surface area contributed by atoms with Gasteiger partial charge in [0.05, 0.1) is 23.7 Å². The zero-order chi connectivity index (χ0) is 22.8. The number of hydrogen-bond acceptors (Lipinski definition) is 5. The number of nitrogens with zero attached hydrogens (tertiary/aromatic N) is 1. The van der Waals surface area contributed by atoms with Gasteiger partial charge in [-0.1, -0.05) is 59.9 Å². The van der Waals surface area contributed by atoms with E-state index in [1.165, 1.54) is 11.3 Å². The lowest BCUT2D eigenvalue weighted by Crippen LogP contribution is -2.33. The van der Waals surface area contributed by atoms with Gasteiger partial charge >= 0.3 is 4.87 Å². The van der Waals surface area contributed by atoms with Crippen molar-refractivity contribution >= 4 is 34.7 Å². The first kappa shape index (κ1) is 21.6. The number of methoxy groups -OCH3 is 1. The Hall–Kier alpha value is -3.29. The van der Waals surface area contributed by atoms with Gasteiger partial charge in [-0.3, -0.25) is 14.2 Å². The monoisotopic (exact) mass is 474 g/mol. The summed E-state index contributed by atoms with van der Waals surface area (Å²) in [5.74, 6) is 0.759. The average molecular weight is 475 g/mol. The number of thioether (sulfide) groups is 1. The van der Waals surface area contributed by atoms with Crippen LogP contribution in [-0.2, 0) is 4.79 Å². The first-order chi connectivity index (χ1) is 16.2. The first-order valence-corrected chi connectivity index (χ1v) is 12.4. The number of carbonyl (C=O) groups excluding carboxylic acids is 1. The summed E-state index contributed by atoms with van der Waals surface area (Å²) in [6.07, 6.45) is 0. The number of ether oxygens (including phenoxy) is 1. The van der Waals surface area contributed by atoms with Gasteiger partial charge in [-0.05, 0) is 42.0 Å². The lowest BCUT2D eigenvalue weighted by atomic mass is 9.85. The molecular formula is C26H22N2O3S2. The van der Waals surface area contributed by atoms with Gasteiger partial charge in [0, 0.05) is 22.2 Å². The minimum Gasteiger partial charge on any atom is -0.497 e. The molecule has 2 heterocycles. The summed E-state index contributed by atoms with van der Waals surface area (Å²) in [5, 5.41) is 3.99. The van der Waals surface area contributed by atoms with E-state index in [2.05, 4.69) is 5.32 Å². The van der Waals surface area contributed by atoms with E-state index in [9.17, 15) is 9.59 Å². The number of fused-ring (bicyclic) bond motifs is 1. The largest absolute Gasteiger partial charge is 0.497 e. The molecular weight excluding hydrogens is 452 g/mol. The quantitative estimate of drug-likeness (QED) is 0.421. The van der Waals surface area contributed by atoms with Crippen LogP contribution in [0.3, 0.4) is 0 Å². The van der Waals surface area contributed by atoms with E-state index in [1.807, 2.05) is 84.9 Å². The predicted octanol–water partition coefficient (Wildman–Crippen LogP) is 5.40. The van der Waals surface area contributed by atoms with Crippen LogP contribution in [0, 0.1) is 5.92 Å². The number of anilines is 1. The second-order valence-corrected chi connectivity index (χ2v) is 9.73. The molecule has 0 fully saturated rings. The predicted molar refractivity (Wildman–Crippen MR) is 134 cm³/mol. The molecule has 166 valence electrons. The van der Waals surface area contributed by atoms with Crippen molar-refractivity contribution in [1.29, 1.82) is 0 Å². The summed E-state index contributed by atoms with van der Waals surface area (Å²) in [5.41, 5.74) is 2.61. The van der Waals surface area contributed by atoms with E-state index in [-0.39, 0.29) is 22.6 Å². The maximum Gasteiger partial charge on any atom is 0.312 e. The Labute approximate surface area is 200 Å². The number of aromatic nitrogens is 1. The van der Waals surface area contributed by atoms with Gasteiger partial charge in [0.15, 0.2) is 0 Å². The summed E-state index contributed by atoms with van der Waals surface area (Å²) in [6, 6.07) is 27.0. The van der Waals surface area contributed by atoms with E-state index in [0.29, 0.717) is 5.75 Å². The molecule has 0 aliphatic carbocycles. The lowest BCUT2D eigenvalue weighted by Gasteiger charge is -2.31. The molecule has 5 rings (SSSR count). The lowest BCUT2D eigenvalue weighted by molar-refractivity contribution is -0.119. The highest BCUT2D eigenvalue weighted by Crippen LogP contribution is 2.47. The van der Waals surface area contributed by atoms with Crippen molar-refractivity contribution in [2.75, 3.05) is 18.2 Å². The number of nitrogens with one attached hydrogen (secondary N) is 1. The second-order valence-electron chi connectivity index (χ2n) is 7.73. The molecule has 4 aromatic rings. The van der Waals surface area contributed by atoms with Crippen LogP contribution < -0.4 is 14.9 Å². The third-order valence-electron chi connectivity index (χ3n) is 5.75. The Kier molecular flexibility index (Phi) is 6.07. The van der Waals surface area contributed by atoms with Gasteiger partial charge in [0.2, 0.25) is 5.91 Å². The summed E-state index contributed by atoms with van der Waals surface area (Å²) < 4.78 is 6.98. The van der Waals surface area contributed by atoms with Crippen LogP contribution in [0.1, 0.15) is 16.4 Å². The highest BCUT2D eigenvalue weighted by Gasteiger charge is 2.39. The number of hydrogen-bond donors (Lipinski definition) is 1. The van der Waals surface area contributed by atoms with E-state index in [0.717, 1.165) is 32.6 Å². The zero-order valence-electron chi connectivity index (χ0n) is 17.9. The van der Waals surface area contributed by atoms with Gasteiger partial charge in [-0.25, -0.2) is 0 Å². The molecule has 1 aliphatic rings. The van der Waals surface area contributed by atoms with Gasteiger partial charge in [0.25, 0.3) is 0 Å². The van der Waals surface area contributed by atoms with Crippen molar-refractivity contribution in [1.82, 2.24) is 4.57 Å². The van der Waals surface area contributed by atoms with Crippen LogP contribution in [0.25, 0.3) is 5.69 Å². The van der Waals surface area contributed by atoms with Gasteiger partial charge in [0.1, 0.15) is 5.75 Å². The molecule has 2 atom stereocenters. The molecule has 0 unspecified atom stereocenters. The minimum absolute atomic E-state index is 0.0316. The molecule has 5 nitrogen and oxygen atoms in total. The van der Waals surface area contributed by atoms with Crippen molar-refractivity contribution in [3.63, 3.8) is 0 Å². The molecule has 0 saturated carbocycles. The van der Waals surface area contributed by atoms with Crippen LogP contribution in [-0.4, -0.2) is 23.3 Å². The SMILES string of the molecule is COc1ccc(NC(=O)[C@@H]2CSc3c(sc(=O)n3-c3ccccc3)[C@H]2c2ccccc2)cc1. The van der Waals surface area contributed by atoms with E-state index < -0.39 is 0 Å². The fraction of sp³-hybridized carbons (Fsp3) is 0.154.